The van der Waals surface area contributed by atoms with E-state index in [2.05, 4.69) is 27.7 Å². The average Bonchev–Trinajstić information content (AvgIpc) is 1.64. The standard InChI is InChI=1S/C8H17Cl/c1-5-8(6(2)3)7(4)9/h6-8H,5H2,1-4H3. The van der Waals surface area contributed by atoms with Crippen LogP contribution in [0.4, 0.5) is 0 Å². The summed E-state index contributed by atoms with van der Waals surface area (Å²) >= 11 is 5.94. The molecule has 0 aliphatic heterocycles. The molecule has 0 rings (SSSR count). The molecular weight excluding hydrogens is 132 g/mol. The summed E-state index contributed by atoms with van der Waals surface area (Å²) in [5.74, 6) is 1.41. The highest BCUT2D eigenvalue weighted by Crippen LogP contribution is 2.22. The van der Waals surface area contributed by atoms with E-state index in [0.717, 1.165) is 5.92 Å². The van der Waals surface area contributed by atoms with Gasteiger partial charge < -0.3 is 0 Å². The second-order valence-electron chi connectivity index (χ2n) is 2.99. The van der Waals surface area contributed by atoms with Gasteiger partial charge >= 0.3 is 0 Å². The number of alkyl halides is 1. The predicted molar refractivity (Wildman–Crippen MR) is 43.9 cm³/mol. The zero-order valence-electron chi connectivity index (χ0n) is 6.82. The average molecular weight is 149 g/mol. The molecule has 0 spiro atoms. The van der Waals surface area contributed by atoms with Crippen LogP contribution in [0.3, 0.4) is 0 Å². The van der Waals surface area contributed by atoms with E-state index in [1.54, 1.807) is 0 Å². The summed E-state index contributed by atoms with van der Waals surface area (Å²) < 4.78 is 0. The van der Waals surface area contributed by atoms with E-state index in [4.69, 9.17) is 11.6 Å². The maximum atomic E-state index is 5.94. The van der Waals surface area contributed by atoms with Crippen molar-refractivity contribution in [1.82, 2.24) is 0 Å². The largest absolute Gasteiger partial charge is 0.123 e. The van der Waals surface area contributed by atoms with Crippen molar-refractivity contribution in [2.75, 3.05) is 0 Å². The van der Waals surface area contributed by atoms with Crippen LogP contribution in [-0.2, 0) is 0 Å². The first-order valence-electron chi connectivity index (χ1n) is 3.73. The van der Waals surface area contributed by atoms with E-state index in [9.17, 15) is 0 Å². The summed E-state index contributed by atoms with van der Waals surface area (Å²) in [4.78, 5) is 0. The van der Waals surface area contributed by atoms with Crippen molar-refractivity contribution in [3.8, 4) is 0 Å². The highest BCUT2D eigenvalue weighted by molar-refractivity contribution is 6.20. The number of hydrogen-bond donors (Lipinski definition) is 0. The van der Waals surface area contributed by atoms with Gasteiger partial charge in [-0.1, -0.05) is 27.2 Å². The van der Waals surface area contributed by atoms with Gasteiger partial charge in [-0.3, -0.25) is 0 Å². The van der Waals surface area contributed by atoms with Crippen LogP contribution in [0.2, 0.25) is 0 Å². The van der Waals surface area contributed by atoms with Crippen molar-refractivity contribution >= 4 is 11.6 Å². The van der Waals surface area contributed by atoms with Gasteiger partial charge in [0.25, 0.3) is 0 Å². The summed E-state index contributed by atoms with van der Waals surface area (Å²) in [5.41, 5.74) is 0. The Morgan fingerprint density at radius 3 is 1.67 bits per heavy atom. The molecule has 56 valence electrons. The normalized spacial score (nSPS) is 18.0. The molecule has 0 amide bonds. The van der Waals surface area contributed by atoms with Gasteiger partial charge in [-0.2, -0.15) is 0 Å². The first kappa shape index (κ1) is 9.29. The first-order valence-corrected chi connectivity index (χ1v) is 4.17. The Labute approximate surface area is 63.6 Å². The van der Waals surface area contributed by atoms with Gasteiger partial charge in [0.15, 0.2) is 0 Å². The monoisotopic (exact) mass is 148 g/mol. The topological polar surface area (TPSA) is 0 Å². The first-order chi connectivity index (χ1) is 4.09. The summed E-state index contributed by atoms with van der Waals surface area (Å²) in [6.45, 7) is 8.74. The lowest BCUT2D eigenvalue weighted by Gasteiger charge is -2.20. The van der Waals surface area contributed by atoms with E-state index >= 15 is 0 Å². The van der Waals surface area contributed by atoms with E-state index in [1.165, 1.54) is 6.42 Å². The molecule has 0 bridgehead atoms. The quantitative estimate of drug-likeness (QED) is 0.539. The number of halogens is 1. The van der Waals surface area contributed by atoms with Crippen LogP contribution >= 0.6 is 11.6 Å². The molecule has 0 fully saturated rings. The predicted octanol–water partition coefficient (Wildman–Crippen LogP) is 3.30. The zero-order chi connectivity index (χ0) is 7.44. The van der Waals surface area contributed by atoms with Crippen LogP contribution in [0, 0.1) is 11.8 Å². The molecule has 2 unspecified atom stereocenters. The van der Waals surface area contributed by atoms with Gasteiger partial charge in [0, 0.05) is 5.38 Å². The van der Waals surface area contributed by atoms with Crippen molar-refractivity contribution in [2.24, 2.45) is 11.8 Å². The molecule has 0 aromatic heterocycles. The molecule has 2 atom stereocenters. The molecule has 0 aromatic rings. The third-order valence-electron chi connectivity index (χ3n) is 1.92. The molecule has 0 aliphatic carbocycles. The van der Waals surface area contributed by atoms with Crippen LogP contribution in [0.1, 0.15) is 34.1 Å². The Morgan fingerprint density at radius 2 is 1.67 bits per heavy atom. The smallest absolute Gasteiger partial charge is 0.0338 e. The molecule has 0 heterocycles. The van der Waals surface area contributed by atoms with Crippen LogP contribution < -0.4 is 0 Å². The SMILES string of the molecule is CCC(C(C)C)C(C)Cl. The highest BCUT2D eigenvalue weighted by Gasteiger charge is 2.15. The summed E-state index contributed by atoms with van der Waals surface area (Å²) in [6.07, 6.45) is 1.20. The van der Waals surface area contributed by atoms with Crippen LogP contribution in [0.5, 0.6) is 0 Å². The van der Waals surface area contributed by atoms with Crippen LogP contribution in [0.15, 0.2) is 0 Å². The Morgan fingerprint density at radius 1 is 1.22 bits per heavy atom. The lowest BCUT2D eigenvalue weighted by atomic mass is 9.91. The fourth-order valence-electron chi connectivity index (χ4n) is 1.33. The fraction of sp³-hybridized carbons (Fsp3) is 1.00. The fourth-order valence-corrected chi connectivity index (χ4v) is 1.80. The zero-order valence-corrected chi connectivity index (χ0v) is 7.57. The minimum absolute atomic E-state index is 0.329. The van der Waals surface area contributed by atoms with Crippen LogP contribution in [0.25, 0.3) is 0 Å². The number of rotatable bonds is 3. The molecular formula is C8H17Cl. The van der Waals surface area contributed by atoms with Gasteiger partial charge in [-0.05, 0) is 18.8 Å². The van der Waals surface area contributed by atoms with Crippen molar-refractivity contribution in [3.05, 3.63) is 0 Å². The molecule has 1 heteroatoms. The Hall–Kier alpha value is 0.290. The lowest BCUT2D eigenvalue weighted by Crippen LogP contribution is -2.16. The van der Waals surface area contributed by atoms with Crippen molar-refractivity contribution < 1.29 is 0 Å². The third kappa shape index (κ3) is 3.10. The summed E-state index contributed by atoms with van der Waals surface area (Å²) in [7, 11) is 0. The third-order valence-corrected chi connectivity index (χ3v) is 2.24. The molecule has 0 nitrogen and oxygen atoms in total. The van der Waals surface area contributed by atoms with E-state index in [0.29, 0.717) is 11.3 Å². The van der Waals surface area contributed by atoms with Gasteiger partial charge in [-0.15, -0.1) is 11.6 Å². The maximum Gasteiger partial charge on any atom is 0.0338 e. The summed E-state index contributed by atoms with van der Waals surface area (Å²) in [5, 5.41) is 0.329. The minimum Gasteiger partial charge on any atom is -0.123 e. The Bertz CT molecular complexity index is 59.0. The van der Waals surface area contributed by atoms with Gasteiger partial charge in [0.2, 0.25) is 0 Å². The molecule has 0 N–H and O–H groups in total. The van der Waals surface area contributed by atoms with E-state index < -0.39 is 0 Å². The van der Waals surface area contributed by atoms with E-state index in [-0.39, 0.29) is 0 Å². The number of hydrogen-bond acceptors (Lipinski definition) is 0. The molecule has 0 saturated carbocycles. The van der Waals surface area contributed by atoms with Crippen molar-refractivity contribution in [2.45, 2.75) is 39.5 Å². The second kappa shape index (κ2) is 4.16. The lowest BCUT2D eigenvalue weighted by molar-refractivity contribution is 0.367. The second-order valence-corrected chi connectivity index (χ2v) is 3.68. The highest BCUT2D eigenvalue weighted by atomic mass is 35.5. The Balaban J connectivity index is 3.68. The maximum absolute atomic E-state index is 5.94. The van der Waals surface area contributed by atoms with Gasteiger partial charge in [-0.25, -0.2) is 0 Å². The molecule has 9 heavy (non-hydrogen) atoms. The minimum atomic E-state index is 0.329. The summed E-state index contributed by atoms with van der Waals surface area (Å²) in [6, 6.07) is 0. The molecule has 0 saturated heterocycles. The van der Waals surface area contributed by atoms with E-state index in [1.807, 2.05) is 0 Å². The van der Waals surface area contributed by atoms with Crippen molar-refractivity contribution in [1.29, 1.82) is 0 Å². The molecule has 0 radical (unpaired) electrons. The van der Waals surface area contributed by atoms with Crippen molar-refractivity contribution in [3.63, 3.8) is 0 Å². The molecule has 0 aromatic carbocycles. The Kier molecular flexibility index (Phi) is 4.29. The molecule has 0 aliphatic rings. The van der Waals surface area contributed by atoms with Gasteiger partial charge in [0.05, 0.1) is 0 Å². The van der Waals surface area contributed by atoms with Gasteiger partial charge in [0.1, 0.15) is 0 Å². The van der Waals surface area contributed by atoms with Crippen LogP contribution in [-0.4, -0.2) is 5.38 Å².